The third-order valence-electron chi connectivity index (χ3n) is 7.17. The minimum Gasteiger partial charge on any atom is -0.497 e. The van der Waals surface area contributed by atoms with E-state index in [1.165, 1.54) is 17.2 Å². The quantitative estimate of drug-likeness (QED) is 0.272. The first kappa shape index (κ1) is 25.8. The zero-order valence-corrected chi connectivity index (χ0v) is 21.8. The summed E-state index contributed by atoms with van der Waals surface area (Å²) in [5, 5.41) is 4.01. The normalized spacial score (nSPS) is 14.5. The molecule has 1 unspecified atom stereocenters. The number of halogens is 3. The molecule has 206 valence electrons. The van der Waals surface area contributed by atoms with E-state index in [1.807, 2.05) is 0 Å². The molecule has 1 fully saturated rings. The number of hydrogen-bond acceptors (Lipinski definition) is 6. The van der Waals surface area contributed by atoms with Gasteiger partial charge in [-0.15, -0.1) is 0 Å². The fraction of sp³-hybridized carbons (Fsp3) is 0.321. The maximum Gasteiger partial charge on any atom is 0.435 e. The van der Waals surface area contributed by atoms with Crippen molar-refractivity contribution in [2.75, 3.05) is 7.11 Å². The Morgan fingerprint density at radius 3 is 2.60 bits per heavy atom. The molecular formula is C28H26F3N7O2. The minimum absolute atomic E-state index is 0.121. The Hall–Kier alpha value is -4.48. The molecule has 1 saturated carbocycles. The first-order valence-corrected chi connectivity index (χ1v) is 12.9. The van der Waals surface area contributed by atoms with Crippen LogP contribution in [0.5, 0.6) is 5.75 Å². The van der Waals surface area contributed by atoms with Gasteiger partial charge in [-0.05, 0) is 49.4 Å². The molecule has 6 rings (SSSR count). The van der Waals surface area contributed by atoms with Gasteiger partial charge in [0.15, 0.2) is 5.69 Å². The number of nitrogens with zero attached hydrogens (tertiary/aromatic N) is 7. The third-order valence-corrected chi connectivity index (χ3v) is 7.17. The standard InChI is InChI=1S/C28H26F3N7O2/c1-3-37-14-22(26(35-37)28(29,30)31)20-10-17(13-36-9-8-32-15-36)11-21-24(20)34-16-38(27(21)39)25(18-4-5-18)23-12-19(40-2)6-7-33-23/h6-12,14-16,18,25H,3-5,13H2,1-2H3. The molecule has 0 bridgehead atoms. The van der Waals surface area contributed by atoms with Gasteiger partial charge in [0.05, 0.1) is 42.4 Å². The average Bonchev–Trinajstić information content (AvgIpc) is 3.44. The van der Waals surface area contributed by atoms with Gasteiger partial charge in [0, 0.05) is 55.1 Å². The molecule has 1 aromatic carbocycles. The molecule has 1 atom stereocenters. The summed E-state index contributed by atoms with van der Waals surface area (Å²) < 4.78 is 52.2. The fourth-order valence-electron chi connectivity index (χ4n) is 5.12. The highest BCUT2D eigenvalue weighted by atomic mass is 19.4. The number of ether oxygens (including phenoxy) is 1. The van der Waals surface area contributed by atoms with E-state index in [4.69, 9.17) is 4.74 Å². The summed E-state index contributed by atoms with van der Waals surface area (Å²) in [6, 6.07) is 6.50. The van der Waals surface area contributed by atoms with Crippen molar-refractivity contribution >= 4 is 10.9 Å². The lowest BCUT2D eigenvalue weighted by Gasteiger charge is -2.20. The van der Waals surface area contributed by atoms with Gasteiger partial charge in [0.2, 0.25) is 0 Å². The number of aryl methyl sites for hydroxylation is 1. The minimum atomic E-state index is -4.69. The predicted molar refractivity (Wildman–Crippen MR) is 141 cm³/mol. The number of methoxy groups -OCH3 is 1. The first-order chi connectivity index (χ1) is 19.3. The van der Waals surface area contributed by atoms with Gasteiger partial charge >= 0.3 is 6.18 Å². The lowest BCUT2D eigenvalue weighted by atomic mass is 9.99. The average molecular weight is 550 g/mol. The predicted octanol–water partition coefficient (Wildman–Crippen LogP) is 4.95. The highest BCUT2D eigenvalue weighted by molar-refractivity contribution is 5.94. The lowest BCUT2D eigenvalue weighted by molar-refractivity contribution is -0.141. The maximum atomic E-state index is 14.1. The summed E-state index contributed by atoms with van der Waals surface area (Å²) in [6.45, 7) is 2.28. The Morgan fingerprint density at radius 2 is 1.93 bits per heavy atom. The van der Waals surface area contributed by atoms with E-state index in [2.05, 4.69) is 20.1 Å². The molecule has 5 aromatic rings. The van der Waals surface area contributed by atoms with E-state index in [9.17, 15) is 18.0 Å². The van der Waals surface area contributed by atoms with Gasteiger partial charge in [-0.3, -0.25) is 19.0 Å². The van der Waals surface area contributed by atoms with Crippen LogP contribution in [-0.2, 0) is 19.3 Å². The molecular weight excluding hydrogens is 523 g/mol. The van der Waals surface area contributed by atoms with Crippen molar-refractivity contribution in [3.63, 3.8) is 0 Å². The number of pyridine rings is 1. The van der Waals surface area contributed by atoms with Crippen LogP contribution in [0.4, 0.5) is 13.2 Å². The van der Waals surface area contributed by atoms with E-state index in [1.54, 1.807) is 72.4 Å². The van der Waals surface area contributed by atoms with E-state index in [-0.39, 0.29) is 46.1 Å². The third kappa shape index (κ3) is 4.74. The first-order valence-electron chi connectivity index (χ1n) is 12.9. The molecule has 0 radical (unpaired) electrons. The molecule has 4 heterocycles. The summed E-state index contributed by atoms with van der Waals surface area (Å²) in [5.41, 5.74) is 0.205. The smallest absolute Gasteiger partial charge is 0.435 e. The van der Waals surface area contributed by atoms with Crippen molar-refractivity contribution in [1.82, 2.24) is 33.9 Å². The summed E-state index contributed by atoms with van der Waals surface area (Å²) in [7, 11) is 1.56. The number of alkyl halides is 3. The van der Waals surface area contributed by atoms with Gasteiger partial charge in [-0.25, -0.2) is 9.97 Å². The van der Waals surface area contributed by atoms with Crippen LogP contribution in [-0.4, -0.2) is 41.0 Å². The summed E-state index contributed by atoms with van der Waals surface area (Å²) in [4.78, 5) is 27.3. The lowest BCUT2D eigenvalue weighted by Crippen LogP contribution is -2.28. The number of rotatable bonds is 8. The number of benzene rings is 1. The van der Waals surface area contributed by atoms with Gasteiger partial charge in [0.25, 0.3) is 5.56 Å². The second-order valence-corrected chi connectivity index (χ2v) is 9.88. The Morgan fingerprint density at radius 1 is 1.10 bits per heavy atom. The van der Waals surface area contributed by atoms with Crippen LogP contribution in [0.15, 0.2) is 66.5 Å². The Balaban J connectivity index is 1.58. The number of fused-ring (bicyclic) bond motifs is 1. The SMILES string of the molecule is CCn1cc(-c2cc(Cn3ccnc3)cc3c(=O)n(C(c4cc(OC)ccn4)C4CC4)cnc23)c(C(F)(F)F)n1. The molecule has 0 N–H and O–H groups in total. The highest BCUT2D eigenvalue weighted by Crippen LogP contribution is 2.43. The maximum absolute atomic E-state index is 14.1. The van der Waals surface area contributed by atoms with Gasteiger partial charge in [-0.1, -0.05) is 0 Å². The molecule has 4 aromatic heterocycles. The topological polar surface area (TPSA) is 92.7 Å². The summed E-state index contributed by atoms with van der Waals surface area (Å²) in [6.07, 6.45) is 6.55. The molecule has 1 aliphatic carbocycles. The van der Waals surface area contributed by atoms with Crippen LogP contribution in [0.25, 0.3) is 22.0 Å². The molecule has 0 amide bonds. The van der Waals surface area contributed by atoms with E-state index >= 15 is 0 Å². The van der Waals surface area contributed by atoms with Crippen molar-refractivity contribution < 1.29 is 17.9 Å². The van der Waals surface area contributed by atoms with Crippen molar-refractivity contribution in [2.24, 2.45) is 5.92 Å². The van der Waals surface area contributed by atoms with Gasteiger partial charge < -0.3 is 9.30 Å². The zero-order valence-electron chi connectivity index (χ0n) is 21.8. The fourth-order valence-corrected chi connectivity index (χ4v) is 5.12. The van der Waals surface area contributed by atoms with Crippen LogP contribution >= 0.6 is 0 Å². The van der Waals surface area contributed by atoms with Crippen LogP contribution in [0, 0.1) is 5.92 Å². The van der Waals surface area contributed by atoms with Crippen LogP contribution in [0.1, 0.15) is 42.8 Å². The van der Waals surface area contributed by atoms with E-state index in [0.717, 1.165) is 12.8 Å². The molecule has 12 heteroatoms. The zero-order chi connectivity index (χ0) is 28.0. The van der Waals surface area contributed by atoms with Gasteiger partial charge in [0.1, 0.15) is 5.75 Å². The number of imidazole rings is 1. The van der Waals surface area contributed by atoms with E-state index in [0.29, 0.717) is 23.6 Å². The largest absolute Gasteiger partial charge is 0.497 e. The van der Waals surface area contributed by atoms with Crippen LogP contribution in [0.3, 0.4) is 0 Å². The molecule has 0 aliphatic heterocycles. The van der Waals surface area contributed by atoms with Crippen LogP contribution < -0.4 is 10.3 Å². The van der Waals surface area contributed by atoms with Crippen LogP contribution in [0.2, 0.25) is 0 Å². The number of aromatic nitrogens is 7. The summed E-state index contributed by atoms with van der Waals surface area (Å²) in [5.74, 6) is 0.805. The molecule has 40 heavy (non-hydrogen) atoms. The molecule has 1 aliphatic rings. The van der Waals surface area contributed by atoms with E-state index < -0.39 is 11.9 Å². The highest BCUT2D eigenvalue weighted by Gasteiger charge is 2.39. The van der Waals surface area contributed by atoms with Crippen molar-refractivity contribution in [1.29, 1.82) is 0 Å². The molecule has 0 spiro atoms. The molecule has 9 nitrogen and oxygen atoms in total. The Kier molecular flexibility index (Phi) is 6.40. The molecule has 0 saturated heterocycles. The second-order valence-electron chi connectivity index (χ2n) is 9.88. The van der Waals surface area contributed by atoms with Gasteiger partial charge in [-0.2, -0.15) is 18.3 Å². The Bertz CT molecular complexity index is 1740. The van der Waals surface area contributed by atoms with Crippen molar-refractivity contribution in [2.45, 2.75) is 45.1 Å². The second kappa shape index (κ2) is 9.92. The summed E-state index contributed by atoms with van der Waals surface area (Å²) >= 11 is 0. The van der Waals surface area contributed by atoms with Crippen molar-refractivity contribution in [3.05, 3.63) is 89.0 Å². The monoisotopic (exact) mass is 549 g/mol. The van der Waals surface area contributed by atoms with Crippen molar-refractivity contribution in [3.8, 4) is 16.9 Å². The Labute approximate surface area is 226 Å². The number of hydrogen-bond donors (Lipinski definition) is 0.